The number of nitrogens with zero attached hydrogens (tertiary/aromatic N) is 1. The number of aliphatic hydroxyl groups excluding tert-OH is 1. The van der Waals surface area contributed by atoms with E-state index in [0.717, 1.165) is 25.7 Å². The Balaban J connectivity index is 1.70. The number of halogens is 1. The van der Waals surface area contributed by atoms with E-state index in [1.807, 2.05) is 0 Å². The van der Waals surface area contributed by atoms with Gasteiger partial charge in [0, 0.05) is 19.5 Å². The van der Waals surface area contributed by atoms with E-state index in [4.69, 9.17) is 5.11 Å². The third-order valence-electron chi connectivity index (χ3n) is 5.52. The maximum absolute atomic E-state index is 14.7. The molecule has 156 valence electrons. The molecule has 1 aromatic carbocycles. The molecule has 1 aromatic rings. The van der Waals surface area contributed by atoms with Crippen molar-refractivity contribution in [1.29, 1.82) is 0 Å². The van der Waals surface area contributed by atoms with E-state index in [2.05, 4.69) is 5.32 Å². The minimum Gasteiger partial charge on any atom is -0.511 e. The second kappa shape index (κ2) is 9.07. The number of hydrogen-bond acceptors (Lipinski definition) is 4. The fourth-order valence-corrected chi connectivity index (χ4v) is 4.01. The second-order valence-corrected chi connectivity index (χ2v) is 7.57. The Hall–Kier alpha value is -2.90. The number of amides is 2. The van der Waals surface area contributed by atoms with Crippen LogP contribution in [0.5, 0.6) is 0 Å². The highest BCUT2D eigenvalue weighted by Crippen LogP contribution is 2.34. The van der Waals surface area contributed by atoms with Gasteiger partial charge in [0.1, 0.15) is 23.7 Å². The van der Waals surface area contributed by atoms with Gasteiger partial charge in [0.2, 0.25) is 0 Å². The van der Waals surface area contributed by atoms with Gasteiger partial charge in [0.05, 0.1) is 0 Å². The number of rotatable bonds is 6. The molecule has 1 heterocycles. The number of hydrogen-bond donors (Lipinski definition) is 3. The monoisotopic (exact) mass is 404 g/mol. The molecule has 2 amide bonds. The molecule has 3 N–H and O–H groups in total. The van der Waals surface area contributed by atoms with Crippen LogP contribution in [-0.4, -0.2) is 46.0 Å². The highest BCUT2D eigenvalue weighted by molar-refractivity contribution is 6.19. The van der Waals surface area contributed by atoms with Crippen molar-refractivity contribution in [3.05, 3.63) is 46.5 Å². The molecule has 0 unspecified atom stereocenters. The van der Waals surface area contributed by atoms with Gasteiger partial charge in [-0.1, -0.05) is 31.4 Å². The van der Waals surface area contributed by atoms with Crippen molar-refractivity contribution in [3.63, 3.8) is 0 Å². The lowest BCUT2D eigenvalue weighted by Gasteiger charge is -2.28. The van der Waals surface area contributed by atoms with Gasteiger partial charge in [-0.3, -0.25) is 14.4 Å². The smallest absolute Gasteiger partial charge is 0.322 e. The van der Waals surface area contributed by atoms with Crippen molar-refractivity contribution in [1.82, 2.24) is 10.2 Å². The lowest BCUT2D eigenvalue weighted by Crippen LogP contribution is -2.43. The average Bonchev–Trinajstić information content (AvgIpc) is 2.69. The van der Waals surface area contributed by atoms with E-state index in [0.29, 0.717) is 11.1 Å². The molecule has 3 rings (SSSR count). The first-order valence-corrected chi connectivity index (χ1v) is 9.86. The Morgan fingerprint density at radius 2 is 1.93 bits per heavy atom. The van der Waals surface area contributed by atoms with Gasteiger partial charge < -0.3 is 20.4 Å². The molecular formula is C21H25FN2O5. The molecule has 7 nitrogen and oxygen atoms in total. The summed E-state index contributed by atoms with van der Waals surface area (Å²) in [4.78, 5) is 36.7. The standard InChI is InChI=1S/C21H25FN2O5/c22-16-10-13(6-7-15(16)14-4-2-1-3-5-14)12-24-9-8-17(25)19(21(24)29)20(28)23-11-18(26)27/h6-7,10,14,25H,1-5,8-9,11-12H2,(H,23,28)(H,26,27). The summed E-state index contributed by atoms with van der Waals surface area (Å²) >= 11 is 0. The number of aliphatic hydroxyl groups is 1. The maximum Gasteiger partial charge on any atom is 0.322 e. The summed E-state index contributed by atoms with van der Waals surface area (Å²) in [7, 11) is 0. The molecule has 29 heavy (non-hydrogen) atoms. The number of carboxylic acids is 1. The van der Waals surface area contributed by atoms with E-state index >= 15 is 0 Å². The van der Waals surface area contributed by atoms with Gasteiger partial charge in [-0.25, -0.2) is 4.39 Å². The summed E-state index contributed by atoms with van der Waals surface area (Å²) in [6.07, 6.45) is 5.45. The number of carbonyl (C=O) groups is 3. The predicted molar refractivity (Wildman–Crippen MR) is 103 cm³/mol. The summed E-state index contributed by atoms with van der Waals surface area (Å²) in [5.74, 6) is -3.30. The zero-order valence-electron chi connectivity index (χ0n) is 16.1. The molecule has 0 atom stereocenters. The first kappa shape index (κ1) is 20.8. The van der Waals surface area contributed by atoms with Gasteiger partial charge in [-0.2, -0.15) is 0 Å². The van der Waals surface area contributed by atoms with E-state index in [1.54, 1.807) is 12.1 Å². The van der Waals surface area contributed by atoms with Crippen LogP contribution in [0.1, 0.15) is 55.6 Å². The Kier molecular flexibility index (Phi) is 6.51. The summed E-state index contributed by atoms with van der Waals surface area (Å²) in [5, 5.41) is 20.7. The van der Waals surface area contributed by atoms with Gasteiger partial charge in [0.15, 0.2) is 0 Å². The third-order valence-corrected chi connectivity index (χ3v) is 5.52. The fraction of sp³-hybridized carbons (Fsp3) is 0.476. The number of benzene rings is 1. The number of nitrogens with one attached hydrogen (secondary N) is 1. The Morgan fingerprint density at radius 1 is 1.21 bits per heavy atom. The predicted octanol–water partition coefficient (Wildman–Crippen LogP) is 2.62. The van der Waals surface area contributed by atoms with Crippen LogP contribution in [0.2, 0.25) is 0 Å². The highest BCUT2D eigenvalue weighted by Gasteiger charge is 2.32. The van der Waals surface area contributed by atoms with Crippen LogP contribution in [0.4, 0.5) is 4.39 Å². The molecule has 1 aliphatic heterocycles. The maximum atomic E-state index is 14.7. The largest absolute Gasteiger partial charge is 0.511 e. The number of aliphatic carboxylic acids is 1. The van der Waals surface area contributed by atoms with Crippen LogP contribution >= 0.6 is 0 Å². The van der Waals surface area contributed by atoms with Crippen LogP contribution in [-0.2, 0) is 20.9 Å². The topological polar surface area (TPSA) is 107 Å². The quantitative estimate of drug-likeness (QED) is 0.632. The average molecular weight is 404 g/mol. The second-order valence-electron chi connectivity index (χ2n) is 7.57. The van der Waals surface area contributed by atoms with Crippen molar-refractivity contribution in [2.75, 3.05) is 13.1 Å². The molecule has 2 aliphatic rings. The molecular weight excluding hydrogens is 379 g/mol. The van der Waals surface area contributed by atoms with Crippen molar-refractivity contribution in [2.24, 2.45) is 0 Å². The van der Waals surface area contributed by atoms with Gasteiger partial charge in [-0.05, 0) is 36.0 Å². The Labute approximate surface area is 168 Å². The Bertz CT molecular complexity index is 845. The van der Waals surface area contributed by atoms with Crippen LogP contribution in [0.15, 0.2) is 29.5 Å². The van der Waals surface area contributed by atoms with Crippen molar-refractivity contribution >= 4 is 17.8 Å². The highest BCUT2D eigenvalue weighted by atomic mass is 19.1. The van der Waals surface area contributed by atoms with E-state index in [9.17, 15) is 23.9 Å². The molecule has 1 fully saturated rings. The van der Waals surface area contributed by atoms with Crippen LogP contribution in [0, 0.1) is 5.82 Å². The Morgan fingerprint density at radius 3 is 2.59 bits per heavy atom. The first-order valence-electron chi connectivity index (χ1n) is 9.86. The molecule has 0 spiro atoms. The van der Waals surface area contributed by atoms with Crippen molar-refractivity contribution in [2.45, 2.75) is 51.0 Å². The van der Waals surface area contributed by atoms with Gasteiger partial charge >= 0.3 is 5.97 Å². The summed E-state index contributed by atoms with van der Waals surface area (Å²) in [5.41, 5.74) is 0.851. The van der Waals surface area contributed by atoms with E-state index in [1.165, 1.54) is 17.4 Å². The van der Waals surface area contributed by atoms with Gasteiger partial charge in [-0.15, -0.1) is 0 Å². The minimum absolute atomic E-state index is 0.0736. The fourth-order valence-electron chi connectivity index (χ4n) is 4.01. The van der Waals surface area contributed by atoms with Crippen molar-refractivity contribution < 1.29 is 29.0 Å². The molecule has 0 saturated heterocycles. The van der Waals surface area contributed by atoms with Crippen LogP contribution in [0.25, 0.3) is 0 Å². The zero-order chi connectivity index (χ0) is 21.0. The molecule has 8 heteroatoms. The molecule has 1 saturated carbocycles. The number of carbonyl (C=O) groups excluding carboxylic acids is 2. The van der Waals surface area contributed by atoms with Crippen LogP contribution in [0.3, 0.4) is 0 Å². The normalized spacial score (nSPS) is 18.1. The summed E-state index contributed by atoms with van der Waals surface area (Å²) in [6.45, 7) is -0.368. The minimum atomic E-state index is -1.26. The first-order chi connectivity index (χ1) is 13.9. The third kappa shape index (κ3) is 4.93. The van der Waals surface area contributed by atoms with Gasteiger partial charge in [0.25, 0.3) is 11.8 Å². The molecule has 0 aromatic heterocycles. The van der Waals surface area contributed by atoms with Crippen LogP contribution < -0.4 is 5.32 Å². The van der Waals surface area contributed by atoms with E-state index in [-0.39, 0.29) is 37.0 Å². The van der Waals surface area contributed by atoms with E-state index < -0.39 is 29.9 Å². The molecule has 1 aliphatic carbocycles. The zero-order valence-corrected chi connectivity index (χ0v) is 16.1. The summed E-state index contributed by atoms with van der Waals surface area (Å²) < 4.78 is 14.7. The SMILES string of the molecule is O=C(O)CNC(=O)C1=C(O)CCN(Cc2ccc(C3CCCCC3)c(F)c2)C1=O. The molecule has 0 bridgehead atoms. The lowest BCUT2D eigenvalue weighted by atomic mass is 9.83. The van der Waals surface area contributed by atoms with Crippen molar-refractivity contribution in [3.8, 4) is 0 Å². The molecule has 0 radical (unpaired) electrons. The number of carboxylic acid groups (broad SMARTS) is 1. The summed E-state index contributed by atoms with van der Waals surface area (Å²) in [6, 6.07) is 5.01. The lowest BCUT2D eigenvalue weighted by molar-refractivity contribution is -0.138.